The molecule has 1 spiro atoms. The first kappa shape index (κ1) is 22.0. The van der Waals surface area contributed by atoms with Gasteiger partial charge in [0.2, 0.25) is 0 Å². The summed E-state index contributed by atoms with van der Waals surface area (Å²) in [7, 11) is 0. The number of ether oxygens (including phenoxy) is 1. The number of aromatic nitrogens is 3. The molecule has 1 amide bonds. The van der Waals surface area contributed by atoms with Gasteiger partial charge in [0, 0.05) is 23.1 Å². The first-order chi connectivity index (χ1) is 15.2. The van der Waals surface area contributed by atoms with Crippen LogP contribution in [0.2, 0.25) is 0 Å². The van der Waals surface area contributed by atoms with Crippen LogP contribution in [0.3, 0.4) is 0 Å². The summed E-state index contributed by atoms with van der Waals surface area (Å²) in [5.41, 5.74) is 3.26. The van der Waals surface area contributed by atoms with Crippen molar-refractivity contribution in [2.45, 2.75) is 102 Å². The van der Waals surface area contributed by atoms with Crippen LogP contribution < -0.4 is 10.6 Å². The highest BCUT2D eigenvalue weighted by atomic mass is 79.9. The van der Waals surface area contributed by atoms with E-state index in [0.29, 0.717) is 5.92 Å². The Bertz CT molecular complexity index is 1040. The number of carbonyl (C=O) groups excluding carboxylic acids is 1. The van der Waals surface area contributed by atoms with Crippen molar-refractivity contribution >= 4 is 33.5 Å². The maximum atomic E-state index is 12.2. The molecule has 3 atom stereocenters. The van der Waals surface area contributed by atoms with Gasteiger partial charge < -0.3 is 15.4 Å². The number of nitrogens with one attached hydrogen (secondary N) is 2. The summed E-state index contributed by atoms with van der Waals surface area (Å²) in [5, 5.41) is 11.5. The minimum atomic E-state index is -0.482. The van der Waals surface area contributed by atoms with Crippen LogP contribution in [0.25, 0.3) is 5.65 Å². The lowest BCUT2D eigenvalue weighted by molar-refractivity contribution is 0.0505. The summed E-state index contributed by atoms with van der Waals surface area (Å²) in [6.45, 7) is 8.06. The Labute approximate surface area is 198 Å². The summed E-state index contributed by atoms with van der Waals surface area (Å²) in [5.74, 6) is 1.69. The number of amides is 1. The van der Waals surface area contributed by atoms with Crippen molar-refractivity contribution in [3.8, 4) is 0 Å². The van der Waals surface area contributed by atoms with Crippen LogP contribution in [0.1, 0.15) is 83.9 Å². The fraction of sp³-hybridized carbons (Fsp3) is 0.708. The predicted octanol–water partition coefficient (Wildman–Crippen LogP) is 5.35. The molecule has 3 aliphatic rings. The molecule has 0 aliphatic heterocycles. The Morgan fingerprint density at radius 3 is 2.69 bits per heavy atom. The van der Waals surface area contributed by atoms with E-state index in [1.165, 1.54) is 36.9 Å². The molecule has 2 aromatic rings. The predicted molar refractivity (Wildman–Crippen MR) is 128 cm³/mol. The second kappa shape index (κ2) is 7.89. The second-order valence-electron chi connectivity index (χ2n) is 11.0. The molecular weight excluding hydrogens is 470 g/mol. The third kappa shape index (κ3) is 3.78. The van der Waals surface area contributed by atoms with Crippen LogP contribution in [0.15, 0.2) is 10.7 Å². The van der Waals surface area contributed by atoms with E-state index in [9.17, 15) is 4.79 Å². The largest absolute Gasteiger partial charge is 0.444 e. The van der Waals surface area contributed by atoms with Crippen molar-refractivity contribution in [2.24, 2.45) is 5.92 Å². The summed E-state index contributed by atoms with van der Waals surface area (Å²) in [6.07, 6.45) is 10.4. The number of anilines is 1. The van der Waals surface area contributed by atoms with Crippen molar-refractivity contribution in [1.29, 1.82) is 0 Å². The molecule has 0 bridgehead atoms. The zero-order valence-corrected chi connectivity index (χ0v) is 21.1. The lowest BCUT2D eigenvalue weighted by atomic mass is 9.76. The number of nitrogens with zero attached hydrogens (tertiary/aromatic N) is 3. The van der Waals surface area contributed by atoms with Crippen molar-refractivity contribution in [2.75, 3.05) is 5.32 Å². The third-order valence-corrected chi connectivity index (χ3v) is 8.18. The van der Waals surface area contributed by atoms with Crippen LogP contribution in [-0.2, 0) is 16.6 Å². The first-order valence-corrected chi connectivity index (χ1v) is 12.8. The van der Waals surface area contributed by atoms with E-state index in [1.54, 1.807) is 0 Å². The molecule has 2 saturated carbocycles. The van der Waals surface area contributed by atoms with E-state index in [0.717, 1.165) is 41.6 Å². The van der Waals surface area contributed by atoms with Gasteiger partial charge >= 0.3 is 6.09 Å². The van der Waals surface area contributed by atoms with E-state index < -0.39 is 5.60 Å². The van der Waals surface area contributed by atoms with Crippen LogP contribution in [-0.4, -0.2) is 38.4 Å². The number of hydrogen-bond donors (Lipinski definition) is 2. The number of halogens is 1. The van der Waals surface area contributed by atoms with Crippen LogP contribution in [0.5, 0.6) is 0 Å². The summed E-state index contributed by atoms with van der Waals surface area (Å²) >= 11 is 3.66. The second-order valence-corrected chi connectivity index (χ2v) is 11.8. The van der Waals surface area contributed by atoms with Crippen LogP contribution in [0.4, 0.5) is 10.6 Å². The molecule has 0 saturated heterocycles. The van der Waals surface area contributed by atoms with Gasteiger partial charge in [-0.15, -0.1) is 0 Å². The molecule has 8 heteroatoms. The van der Waals surface area contributed by atoms with Gasteiger partial charge in [-0.25, -0.2) is 9.78 Å². The average Bonchev–Trinajstić information content (AvgIpc) is 3.46. The maximum Gasteiger partial charge on any atom is 0.407 e. The number of rotatable bonds is 3. The molecule has 0 radical (unpaired) electrons. The average molecular weight is 504 g/mol. The molecule has 7 nitrogen and oxygen atoms in total. The first-order valence-electron chi connectivity index (χ1n) is 12.0. The van der Waals surface area contributed by atoms with E-state index >= 15 is 0 Å². The van der Waals surface area contributed by atoms with Crippen LogP contribution in [0, 0.1) is 5.92 Å². The molecule has 0 aromatic carbocycles. The van der Waals surface area contributed by atoms with Crippen molar-refractivity contribution < 1.29 is 9.53 Å². The Morgan fingerprint density at radius 2 is 1.97 bits per heavy atom. The Kier molecular flexibility index (Phi) is 5.42. The molecule has 174 valence electrons. The zero-order valence-electron chi connectivity index (χ0n) is 19.5. The van der Waals surface area contributed by atoms with Gasteiger partial charge in [-0.3, -0.25) is 0 Å². The number of hydrogen-bond acceptors (Lipinski definition) is 5. The maximum absolute atomic E-state index is 12.2. The summed E-state index contributed by atoms with van der Waals surface area (Å²) in [6, 6.07) is 0.403. The number of carbonyl (C=O) groups is 1. The normalized spacial score (nSPS) is 26.6. The van der Waals surface area contributed by atoms with Crippen molar-refractivity contribution in [3.05, 3.63) is 21.9 Å². The molecule has 2 N–H and O–H groups in total. The minimum Gasteiger partial charge on any atom is -0.444 e. The molecule has 1 unspecified atom stereocenters. The smallest absolute Gasteiger partial charge is 0.407 e. The number of fused-ring (bicyclic) bond motifs is 3. The topological polar surface area (TPSA) is 80.5 Å². The molecule has 2 heterocycles. The highest BCUT2D eigenvalue weighted by Crippen LogP contribution is 2.54. The monoisotopic (exact) mass is 503 g/mol. The van der Waals surface area contributed by atoms with E-state index in [1.807, 2.05) is 31.5 Å². The van der Waals surface area contributed by atoms with Gasteiger partial charge in [-0.2, -0.15) is 9.61 Å². The molecule has 5 rings (SSSR count). The number of alkyl carbamates (subject to hydrolysis) is 1. The Balaban J connectivity index is 1.40. The van der Waals surface area contributed by atoms with Crippen molar-refractivity contribution in [1.82, 2.24) is 19.9 Å². The van der Waals surface area contributed by atoms with Crippen LogP contribution >= 0.6 is 15.9 Å². The Morgan fingerprint density at radius 1 is 1.25 bits per heavy atom. The van der Waals surface area contributed by atoms with Gasteiger partial charge in [-0.1, -0.05) is 19.8 Å². The fourth-order valence-corrected chi connectivity index (χ4v) is 6.48. The van der Waals surface area contributed by atoms with Gasteiger partial charge in [0.05, 0.1) is 16.4 Å². The molecule has 2 fully saturated rings. The van der Waals surface area contributed by atoms with Gasteiger partial charge in [-0.05, 0) is 81.1 Å². The van der Waals surface area contributed by atoms with E-state index in [2.05, 4.69) is 38.6 Å². The standard InChI is InChI=1S/C24H34BrN5O2/c1-14-11-17-19(24(14)9-5-6-10-24)29-21-18(25)13-26-30(21)20(17)27-15-7-8-16(12-15)28-22(31)32-23(2,3)4/h13-16,27H,5-12H2,1-4H3,(H,28,31)/t14?,15-,16-/m0/s1. The molecule has 32 heavy (non-hydrogen) atoms. The highest BCUT2D eigenvalue weighted by molar-refractivity contribution is 9.10. The van der Waals surface area contributed by atoms with Gasteiger partial charge in [0.1, 0.15) is 11.4 Å². The molecular formula is C24H34BrN5O2. The van der Waals surface area contributed by atoms with E-state index in [4.69, 9.17) is 9.72 Å². The lowest BCUT2D eigenvalue weighted by Gasteiger charge is -2.29. The zero-order chi connectivity index (χ0) is 22.7. The summed E-state index contributed by atoms with van der Waals surface area (Å²) < 4.78 is 8.35. The summed E-state index contributed by atoms with van der Waals surface area (Å²) in [4.78, 5) is 17.4. The SMILES string of the molecule is CC1Cc2c(nc3c(Br)cnn3c2N[C@H]2CC[C@H](NC(=O)OC(C)(C)C)C2)C12CCCC2. The Hall–Kier alpha value is -1.83. The van der Waals surface area contributed by atoms with Crippen molar-refractivity contribution in [3.63, 3.8) is 0 Å². The minimum absolute atomic E-state index is 0.122. The highest BCUT2D eigenvalue weighted by Gasteiger charge is 2.49. The van der Waals surface area contributed by atoms with Gasteiger partial charge in [0.15, 0.2) is 5.65 Å². The lowest BCUT2D eigenvalue weighted by Crippen LogP contribution is -2.38. The molecule has 2 aromatic heterocycles. The quantitative estimate of drug-likeness (QED) is 0.589. The van der Waals surface area contributed by atoms with Gasteiger partial charge in [0.25, 0.3) is 0 Å². The third-order valence-electron chi connectivity index (χ3n) is 7.62. The van der Waals surface area contributed by atoms with E-state index in [-0.39, 0.29) is 23.6 Å². The fourth-order valence-electron chi connectivity index (χ4n) is 6.13. The molecule has 3 aliphatic carbocycles.